The van der Waals surface area contributed by atoms with Gasteiger partial charge < -0.3 is 39.4 Å². The molecule has 10 rings (SSSR count). The van der Waals surface area contributed by atoms with Crippen molar-refractivity contribution in [2.24, 2.45) is 22.7 Å². The van der Waals surface area contributed by atoms with E-state index in [1.54, 1.807) is 47.8 Å². The van der Waals surface area contributed by atoms with Crippen LogP contribution in [-0.4, -0.2) is 151 Å². The number of anilines is 2. The minimum absolute atomic E-state index is 0.0568. The van der Waals surface area contributed by atoms with Gasteiger partial charge in [-0.1, -0.05) is 205 Å². The van der Waals surface area contributed by atoms with E-state index in [0.717, 1.165) is 56.8 Å². The first kappa shape index (κ1) is 73.3. The Balaban J connectivity index is 0.000000251. The second-order valence-electron chi connectivity index (χ2n) is 27.8. The maximum absolute atomic E-state index is 14.9. The van der Waals surface area contributed by atoms with Crippen molar-refractivity contribution in [1.82, 2.24) is 23.7 Å². The molecular weight excluding hydrogens is 1250 g/mol. The third-order valence-electron chi connectivity index (χ3n) is 18.1. The third-order valence-corrected chi connectivity index (χ3v) is 21.7. The number of alkyl carbamates (subject to hydrolysis) is 1. The number of sulfonamides is 2. The van der Waals surface area contributed by atoms with Crippen LogP contribution in [0.25, 0.3) is 0 Å². The molecule has 1 amide bonds. The highest BCUT2D eigenvalue weighted by molar-refractivity contribution is 7.89. The number of rotatable bonds is 34. The van der Waals surface area contributed by atoms with Crippen LogP contribution in [0.15, 0.2) is 210 Å². The predicted molar refractivity (Wildman–Crippen MR) is 383 cm³/mol. The molecule has 7 aromatic carbocycles. The van der Waals surface area contributed by atoms with Gasteiger partial charge in [0.05, 0.1) is 47.6 Å². The van der Waals surface area contributed by atoms with Gasteiger partial charge in [0.25, 0.3) is 0 Å². The molecule has 0 radical (unpaired) electrons. The molecule has 0 aliphatic carbocycles. The van der Waals surface area contributed by atoms with Crippen molar-refractivity contribution in [1.29, 1.82) is 0 Å². The zero-order valence-electron chi connectivity index (χ0n) is 57.3. The fourth-order valence-electron chi connectivity index (χ4n) is 12.5. The highest BCUT2D eigenvalue weighted by Gasteiger charge is 2.45. The van der Waals surface area contributed by atoms with Crippen LogP contribution in [0.3, 0.4) is 0 Å². The fraction of sp³-hybridized carbons (Fsp3) is 0.434. The number of hydrogen-bond donors (Lipinski definition) is 3. The van der Waals surface area contributed by atoms with Crippen molar-refractivity contribution >= 4 is 44.6 Å². The summed E-state index contributed by atoms with van der Waals surface area (Å²) < 4.78 is 82.9. The molecule has 3 heterocycles. The largest absolute Gasteiger partial charge is 0.443 e. The summed E-state index contributed by atoms with van der Waals surface area (Å²) in [6.45, 7) is 19.6. The normalized spacial score (nSPS) is 17.1. The summed E-state index contributed by atoms with van der Waals surface area (Å²) in [5, 5.41) is 18.1. The van der Waals surface area contributed by atoms with Gasteiger partial charge in [-0.15, -0.1) is 0 Å². The number of fused-ring (bicyclic) bond motifs is 1. The molecule has 17 nitrogen and oxygen atoms in total. The van der Waals surface area contributed by atoms with Crippen LogP contribution in [0.5, 0.6) is 0 Å². The van der Waals surface area contributed by atoms with Crippen molar-refractivity contribution in [3.05, 3.63) is 228 Å². The van der Waals surface area contributed by atoms with Gasteiger partial charge >= 0.3 is 13.1 Å². The Labute approximate surface area is 572 Å². The standard InChI is InChI=1S/C45H57BN4O8S.C31H43N3O2S/c1-45(2,23-24-49(28-35-16-9-5-10-17-35)29-36-18-11-6-12-19-36)32-50(59(53,54)38-21-13-20-37(27-38)48(3)46-33-57-46)30-41(51)40(26-34-14-7-4-8-15-34)47-44(52)58-42-31-56-43-39(42)22-25-55-43;1-26(2)22-34(37(35,36)30-18-12-17-29(21-30)32-5)25-31(3,4)19-20-33(23-27-13-8-6-9-14-27)24-28-15-10-7-11-16-28/h4-21,27,39-43,51H,22-26,28-33H2,1-3H3,(H,47,52);6-18,21,26,32H,19-20,22-25H2,1-5H3/t39?,40-,41?,42?,43?;/m0./s1. The maximum atomic E-state index is 14.9. The Bertz CT molecular complexity index is 3650. The Morgan fingerprint density at radius 2 is 1.06 bits per heavy atom. The van der Waals surface area contributed by atoms with E-state index in [-0.39, 0.29) is 61.6 Å². The molecule has 0 aromatic heterocycles. The monoisotopic (exact) mass is 1350 g/mol. The lowest BCUT2D eigenvalue weighted by Crippen LogP contribution is -2.52. The second-order valence-corrected chi connectivity index (χ2v) is 31.7. The minimum Gasteiger partial charge on any atom is -0.443 e. The molecular formula is C76H100BN7O10S2. The van der Waals surface area contributed by atoms with E-state index in [2.05, 4.69) is 135 Å². The molecule has 3 fully saturated rings. The Hall–Kier alpha value is -6.95. The van der Waals surface area contributed by atoms with E-state index in [4.69, 9.17) is 18.9 Å². The minimum atomic E-state index is -4.17. The zero-order chi connectivity index (χ0) is 68.3. The number of benzene rings is 7. The van der Waals surface area contributed by atoms with E-state index < -0.39 is 49.8 Å². The van der Waals surface area contributed by atoms with Crippen LogP contribution in [0, 0.1) is 22.7 Å². The van der Waals surface area contributed by atoms with E-state index in [1.165, 1.54) is 26.6 Å². The van der Waals surface area contributed by atoms with Crippen LogP contribution < -0.4 is 15.4 Å². The van der Waals surface area contributed by atoms with Gasteiger partial charge in [-0.05, 0) is 127 Å². The van der Waals surface area contributed by atoms with E-state index in [9.17, 15) is 26.7 Å². The molecule has 0 bridgehead atoms. The summed E-state index contributed by atoms with van der Waals surface area (Å²) in [4.78, 5) is 20.7. The molecule has 7 aromatic rings. The van der Waals surface area contributed by atoms with Crippen molar-refractivity contribution in [3.8, 4) is 0 Å². The number of amides is 1. The molecule has 0 saturated carbocycles. The predicted octanol–water partition coefficient (Wildman–Crippen LogP) is 12.2. The summed E-state index contributed by atoms with van der Waals surface area (Å²) in [6.07, 6.45) is -0.339. The Morgan fingerprint density at radius 1 is 0.615 bits per heavy atom. The van der Waals surface area contributed by atoms with E-state index in [1.807, 2.05) is 103 Å². The number of carbonyl (C=O) groups excluding carboxylic acids is 1. The molecule has 3 aliphatic rings. The topological polar surface area (TPSA) is 186 Å². The Morgan fingerprint density at radius 3 is 1.52 bits per heavy atom. The number of aliphatic hydroxyl groups excluding tert-OH is 1. The fourth-order valence-corrected chi connectivity index (χ4v) is 16.0. The highest BCUT2D eigenvalue weighted by atomic mass is 32.2. The van der Waals surface area contributed by atoms with E-state index >= 15 is 0 Å². The van der Waals surface area contributed by atoms with Crippen LogP contribution in [0.2, 0.25) is 0 Å². The molecule has 3 saturated heterocycles. The Kier molecular flexibility index (Phi) is 26.4. The van der Waals surface area contributed by atoms with Crippen LogP contribution >= 0.6 is 0 Å². The zero-order valence-corrected chi connectivity index (χ0v) is 58.9. The lowest BCUT2D eigenvalue weighted by atomic mass is 9.88. The number of nitrogens with zero attached hydrogens (tertiary/aromatic N) is 5. The lowest BCUT2D eigenvalue weighted by molar-refractivity contribution is -0.0907. The smallest absolute Gasteiger partial charge is 0.440 e. The summed E-state index contributed by atoms with van der Waals surface area (Å²) >= 11 is 0. The van der Waals surface area contributed by atoms with Gasteiger partial charge in [-0.25, -0.2) is 21.6 Å². The van der Waals surface area contributed by atoms with Gasteiger partial charge in [-0.2, -0.15) is 8.61 Å². The number of carbonyl (C=O) groups is 1. The van der Waals surface area contributed by atoms with Crippen molar-refractivity contribution in [2.45, 2.75) is 128 Å². The van der Waals surface area contributed by atoms with Crippen molar-refractivity contribution in [2.75, 3.05) is 83.2 Å². The number of aliphatic hydroxyl groups is 1. The first-order valence-corrected chi connectivity index (χ1v) is 36.7. The summed E-state index contributed by atoms with van der Waals surface area (Å²) in [5.74, 6) is 0.171. The molecule has 514 valence electrons. The third kappa shape index (κ3) is 22.0. The van der Waals surface area contributed by atoms with Crippen molar-refractivity contribution < 1.29 is 45.6 Å². The average Bonchev–Trinajstić information content (AvgIpc) is 1.19. The van der Waals surface area contributed by atoms with Crippen molar-refractivity contribution in [3.63, 3.8) is 0 Å². The van der Waals surface area contributed by atoms with Gasteiger partial charge in [0.15, 0.2) is 6.29 Å². The highest BCUT2D eigenvalue weighted by Crippen LogP contribution is 2.35. The molecule has 96 heavy (non-hydrogen) atoms. The molecule has 0 spiro atoms. The first-order valence-electron chi connectivity index (χ1n) is 33.8. The summed E-state index contributed by atoms with van der Waals surface area (Å²) in [6, 6.07) is 64.3. The van der Waals surface area contributed by atoms with Gasteiger partial charge in [-0.3, -0.25) is 9.80 Å². The van der Waals surface area contributed by atoms with Gasteiger partial charge in [0.1, 0.15) is 6.10 Å². The van der Waals surface area contributed by atoms with Crippen LogP contribution in [0.1, 0.15) is 88.6 Å². The van der Waals surface area contributed by atoms with Gasteiger partial charge in [0, 0.05) is 70.8 Å². The van der Waals surface area contributed by atoms with Crippen LogP contribution in [0.4, 0.5) is 16.2 Å². The molecule has 3 N–H and O–H groups in total. The summed E-state index contributed by atoms with van der Waals surface area (Å²) in [7, 11) is -4.22. The summed E-state index contributed by atoms with van der Waals surface area (Å²) in [5.41, 5.74) is 6.60. The number of nitrogens with one attached hydrogen (secondary N) is 2. The number of ether oxygens (including phenoxy) is 3. The maximum Gasteiger partial charge on any atom is 0.440 e. The number of hydrogen-bond acceptors (Lipinski definition) is 14. The molecule has 20 heteroatoms. The van der Waals surface area contributed by atoms with Crippen LogP contribution in [-0.2, 0) is 71.5 Å². The van der Waals surface area contributed by atoms with E-state index in [0.29, 0.717) is 49.8 Å². The lowest BCUT2D eigenvalue weighted by Gasteiger charge is -2.36. The SMILES string of the molecule is CN(B1CO1)c1cccc(S(=O)(=O)N(CC(O)[C@H](Cc2ccccc2)NC(=O)OC2COC3OCCC23)CC(C)(C)CCN(Cc2ccccc2)Cc2ccccc2)c1.CNc1cccc(S(=O)(=O)N(CC(C)C)CC(C)(C)CCN(Cc2ccccc2)Cc2ccccc2)c1. The molecule has 3 aliphatic heterocycles. The quantitative estimate of drug-likeness (QED) is 0.0255. The molecule has 4 unspecified atom stereocenters. The molecule has 5 atom stereocenters. The second kappa shape index (κ2) is 34.5. The van der Waals surface area contributed by atoms with Gasteiger partial charge in [0.2, 0.25) is 20.0 Å². The average molecular weight is 1350 g/mol. The first-order chi connectivity index (χ1) is 46.0.